The number of hydrogen-bond donors (Lipinski definition) is 3. The number of carbonyl (C=O) groups is 1. The number of hydrogen-bond acceptors (Lipinski definition) is 4. The van der Waals surface area contributed by atoms with Crippen molar-refractivity contribution < 1.29 is 20.1 Å². The maximum atomic E-state index is 10.3. The summed E-state index contributed by atoms with van der Waals surface area (Å²) in [6, 6.07) is 11.1. The summed E-state index contributed by atoms with van der Waals surface area (Å²) >= 11 is 1.61. The van der Waals surface area contributed by atoms with Gasteiger partial charge in [-0.1, -0.05) is 109 Å². The average Bonchev–Trinajstić information content (AvgIpc) is 2.86. The minimum absolute atomic E-state index is 0.316. The zero-order chi connectivity index (χ0) is 27.3. The molecule has 0 aliphatic carbocycles. The molecule has 5 heteroatoms. The molecule has 3 N–H and O–H groups in total. The second-order valence-electron chi connectivity index (χ2n) is 10.1. The molecule has 0 aliphatic rings. The molecule has 2 aromatic rings. The van der Waals surface area contributed by atoms with E-state index in [9.17, 15) is 15.0 Å². The fourth-order valence-electron chi connectivity index (χ4n) is 4.17. The van der Waals surface area contributed by atoms with Gasteiger partial charge in [-0.2, -0.15) is 0 Å². The van der Waals surface area contributed by atoms with Crippen LogP contribution in [0.3, 0.4) is 0 Å². The Balaban J connectivity index is 0.000000373. The highest BCUT2D eigenvalue weighted by molar-refractivity contribution is 7.99. The summed E-state index contributed by atoms with van der Waals surface area (Å²) in [7, 11) is 0. The Labute approximate surface area is 229 Å². The van der Waals surface area contributed by atoms with E-state index in [4.69, 9.17) is 5.11 Å². The van der Waals surface area contributed by atoms with Gasteiger partial charge in [0.1, 0.15) is 11.5 Å². The molecule has 0 saturated heterocycles. The van der Waals surface area contributed by atoms with E-state index in [1.54, 1.807) is 23.9 Å². The fourth-order valence-corrected chi connectivity index (χ4v) is 5.18. The third kappa shape index (κ3) is 17.1. The first kappa shape index (κ1) is 32.9. The molecule has 0 radical (unpaired) electrons. The van der Waals surface area contributed by atoms with E-state index in [0.29, 0.717) is 17.9 Å². The molecule has 0 fully saturated rings. The largest absolute Gasteiger partial charge is 0.508 e. The maximum absolute atomic E-state index is 10.3. The van der Waals surface area contributed by atoms with Crippen LogP contribution in [0.15, 0.2) is 46.2 Å². The second-order valence-corrected chi connectivity index (χ2v) is 11.2. The molecular formula is C32H50O4S. The predicted octanol–water partition coefficient (Wildman–Crippen LogP) is 10.2. The van der Waals surface area contributed by atoms with Gasteiger partial charge in [-0.05, 0) is 67.8 Å². The highest BCUT2D eigenvalue weighted by Gasteiger charge is 2.03. The molecule has 0 spiro atoms. The summed E-state index contributed by atoms with van der Waals surface area (Å²) in [4.78, 5) is 12.5. The lowest BCUT2D eigenvalue weighted by atomic mass is 10.0. The van der Waals surface area contributed by atoms with E-state index < -0.39 is 5.97 Å². The minimum atomic E-state index is -0.653. The van der Waals surface area contributed by atoms with Gasteiger partial charge in [0.25, 0.3) is 0 Å². The standard InChI is InChI=1S/C18H36O2.C14H14O2S/c1-2-3-4-5-6-7-8-9-10-11-12-13-14-15-16-17-18(19)20;1-9-7-11(3-5-13(9)15)17-12-4-6-14(16)10(2)8-12/h2-17H2,1H3,(H,19,20);3-8,15-16H,1-2H3. The average molecular weight is 531 g/mol. The van der Waals surface area contributed by atoms with E-state index in [-0.39, 0.29) is 0 Å². The van der Waals surface area contributed by atoms with E-state index in [1.165, 1.54) is 83.5 Å². The van der Waals surface area contributed by atoms with E-state index >= 15 is 0 Å². The molecule has 2 aromatic carbocycles. The van der Waals surface area contributed by atoms with Crippen molar-refractivity contribution in [2.24, 2.45) is 0 Å². The number of phenolic OH excluding ortho intramolecular Hbond substituents is 2. The summed E-state index contributed by atoms with van der Waals surface area (Å²) in [5.41, 5.74) is 1.73. The van der Waals surface area contributed by atoms with Crippen molar-refractivity contribution in [2.45, 2.75) is 133 Å². The molecule has 208 valence electrons. The number of rotatable bonds is 18. The Morgan fingerprint density at radius 1 is 0.622 bits per heavy atom. The van der Waals surface area contributed by atoms with Crippen molar-refractivity contribution in [2.75, 3.05) is 0 Å². The van der Waals surface area contributed by atoms with Crippen LogP contribution in [0.4, 0.5) is 0 Å². The molecule has 0 bridgehead atoms. The van der Waals surface area contributed by atoms with Gasteiger partial charge in [0, 0.05) is 16.2 Å². The van der Waals surface area contributed by atoms with Crippen molar-refractivity contribution in [1.29, 1.82) is 0 Å². The Kier molecular flexibility index (Phi) is 18.5. The molecule has 2 rings (SSSR count). The van der Waals surface area contributed by atoms with Gasteiger partial charge in [0.15, 0.2) is 0 Å². The van der Waals surface area contributed by atoms with Crippen LogP contribution >= 0.6 is 11.8 Å². The van der Waals surface area contributed by atoms with Crippen LogP contribution < -0.4 is 0 Å². The number of benzene rings is 2. The lowest BCUT2D eigenvalue weighted by Gasteiger charge is -2.06. The molecule has 0 amide bonds. The van der Waals surface area contributed by atoms with Crippen LogP contribution in [-0.2, 0) is 4.79 Å². The first-order valence-electron chi connectivity index (χ1n) is 14.3. The molecule has 4 nitrogen and oxygen atoms in total. The summed E-state index contributed by atoms with van der Waals surface area (Å²) in [6.45, 7) is 6.02. The number of aliphatic carboxylic acids is 1. The number of carboxylic acids is 1. The van der Waals surface area contributed by atoms with E-state index in [2.05, 4.69) is 6.92 Å². The lowest BCUT2D eigenvalue weighted by molar-refractivity contribution is -0.137. The summed E-state index contributed by atoms with van der Waals surface area (Å²) in [5, 5.41) is 27.4. The highest BCUT2D eigenvalue weighted by Crippen LogP contribution is 2.32. The summed E-state index contributed by atoms with van der Waals surface area (Å²) in [6.07, 6.45) is 20.2. The minimum Gasteiger partial charge on any atom is -0.508 e. The van der Waals surface area contributed by atoms with Gasteiger partial charge in [-0.3, -0.25) is 4.79 Å². The van der Waals surface area contributed by atoms with Crippen LogP contribution in [-0.4, -0.2) is 21.3 Å². The van der Waals surface area contributed by atoms with Crippen LogP contribution in [0, 0.1) is 13.8 Å². The molecule has 0 atom stereocenters. The number of phenols is 2. The van der Waals surface area contributed by atoms with Crippen LogP contribution in [0.1, 0.15) is 121 Å². The topological polar surface area (TPSA) is 77.8 Å². The van der Waals surface area contributed by atoms with Gasteiger partial charge >= 0.3 is 5.97 Å². The van der Waals surface area contributed by atoms with Gasteiger partial charge in [0.2, 0.25) is 0 Å². The Bertz CT molecular complexity index is 832. The van der Waals surface area contributed by atoms with Crippen molar-refractivity contribution in [3.63, 3.8) is 0 Å². The van der Waals surface area contributed by atoms with Crippen molar-refractivity contribution in [3.8, 4) is 11.5 Å². The monoisotopic (exact) mass is 530 g/mol. The van der Waals surface area contributed by atoms with Crippen molar-refractivity contribution in [1.82, 2.24) is 0 Å². The molecule has 0 heterocycles. The van der Waals surface area contributed by atoms with E-state index in [1.807, 2.05) is 38.1 Å². The first-order chi connectivity index (χ1) is 17.8. The molecule has 0 unspecified atom stereocenters. The highest BCUT2D eigenvalue weighted by atomic mass is 32.2. The Hall–Kier alpha value is -2.14. The number of carboxylic acid groups (broad SMARTS) is 1. The second kappa shape index (κ2) is 20.9. The molecule has 37 heavy (non-hydrogen) atoms. The Morgan fingerprint density at radius 2 is 0.973 bits per heavy atom. The molecule has 0 aromatic heterocycles. The number of aryl methyl sites for hydroxylation is 2. The number of aromatic hydroxyl groups is 2. The number of unbranched alkanes of at least 4 members (excludes halogenated alkanes) is 14. The van der Waals surface area contributed by atoms with Gasteiger partial charge in [-0.15, -0.1) is 0 Å². The maximum Gasteiger partial charge on any atom is 0.303 e. The van der Waals surface area contributed by atoms with Crippen molar-refractivity contribution in [3.05, 3.63) is 47.5 Å². The molecule has 0 aliphatic heterocycles. The first-order valence-corrected chi connectivity index (χ1v) is 15.1. The quantitative estimate of drug-likeness (QED) is 0.167. The third-order valence-corrected chi connectivity index (χ3v) is 7.55. The van der Waals surface area contributed by atoms with Crippen LogP contribution in [0.5, 0.6) is 11.5 Å². The molecular weight excluding hydrogens is 480 g/mol. The van der Waals surface area contributed by atoms with Gasteiger partial charge < -0.3 is 15.3 Å². The fraction of sp³-hybridized carbons (Fsp3) is 0.594. The van der Waals surface area contributed by atoms with Crippen LogP contribution in [0.25, 0.3) is 0 Å². The van der Waals surface area contributed by atoms with E-state index in [0.717, 1.165) is 33.8 Å². The third-order valence-electron chi connectivity index (χ3n) is 6.57. The predicted molar refractivity (Wildman–Crippen MR) is 157 cm³/mol. The van der Waals surface area contributed by atoms with Gasteiger partial charge in [0.05, 0.1) is 0 Å². The Morgan fingerprint density at radius 3 is 1.30 bits per heavy atom. The van der Waals surface area contributed by atoms with Crippen molar-refractivity contribution >= 4 is 17.7 Å². The summed E-state index contributed by atoms with van der Waals surface area (Å²) < 4.78 is 0. The zero-order valence-corrected chi connectivity index (χ0v) is 24.3. The zero-order valence-electron chi connectivity index (χ0n) is 23.4. The summed E-state index contributed by atoms with van der Waals surface area (Å²) in [5.74, 6) is -0.0211. The van der Waals surface area contributed by atoms with Gasteiger partial charge in [-0.25, -0.2) is 0 Å². The molecule has 0 saturated carbocycles. The van der Waals surface area contributed by atoms with Crippen LogP contribution in [0.2, 0.25) is 0 Å². The lowest BCUT2D eigenvalue weighted by Crippen LogP contribution is -1.93. The normalized spacial score (nSPS) is 10.7. The smallest absolute Gasteiger partial charge is 0.303 e. The SMILES string of the molecule is CCCCCCCCCCCCCCCCCC(=O)O.Cc1cc(Sc2ccc(O)c(C)c2)ccc1O.